The number of piperazine rings is 1. The van der Waals surface area contributed by atoms with Gasteiger partial charge in [0.15, 0.2) is 5.82 Å². The Morgan fingerprint density at radius 3 is 2.75 bits per heavy atom. The van der Waals surface area contributed by atoms with Crippen molar-refractivity contribution in [3.05, 3.63) is 24.3 Å². The van der Waals surface area contributed by atoms with E-state index in [1.54, 1.807) is 0 Å². The van der Waals surface area contributed by atoms with Crippen molar-refractivity contribution < 1.29 is 4.74 Å². The molecule has 0 saturated carbocycles. The zero-order valence-electron chi connectivity index (χ0n) is 12.0. The van der Waals surface area contributed by atoms with Crippen molar-refractivity contribution in [3.63, 3.8) is 0 Å². The molecule has 0 radical (unpaired) electrons. The largest absolute Gasteiger partial charge is 0.475 e. The van der Waals surface area contributed by atoms with E-state index in [-0.39, 0.29) is 0 Å². The highest BCUT2D eigenvalue weighted by Gasteiger charge is 2.24. The molecule has 5 nitrogen and oxygen atoms in total. The van der Waals surface area contributed by atoms with Gasteiger partial charge in [-0.2, -0.15) is 0 Å². The van der Waals surface area contributed by atoms with E-state index >= 15 is 0 Å². The van der Waals surface area contributed by atoms with Gasteiger partial charge in [-0.1, -0.05) is 12.1 Å². The Hall–Kier alpha value is -1.88. The van der Waals surface area contributed by atoms with Crippen LogP contribution < -0.4 is 15.0 Å². The van der Waals surface area contributed by atoms with E-state index in [9.17, 15) is 0 Å². The topological polar surface area (TPSA) is 50.3 Å². The van der Waals surface area contributed by atoms with Crippen LogP contribution >= 0.6 is 0 Å². The lowest BCUT2D eigenvalue weighted by Gasteiger charge is -2.35. The molecule has 1 aromatic heterocycles. The molecule has 1 aliphatic rings. The fourth-order valence-corrected chi connectivity index (χ4v) is 2.55. The maximum Gasteiger partial charge on any atom is 0.258 e. The van der Waals surface area contributed by atoms with Gasteiger partial charge in [0.25, 0.3) is 5.88 Å². The quantitative estimate of drug-likeness (QED) is 0.923. The van der Waals surface area contributed by atoms with Crippen LogP contribution in [0.3, 0.4) is 0 Å². The van der Waals surface area contributed by atoms with Gasteiger partial charge in [-0.05, 0) is 26.0 Å². The molecule has 106 valence electrons. The molecular formula is C15H20N4O. The SMILES string of the molecule is CCOc1nc2ccccc2nc1N1CCNCC1C. The molecule has 1 fully saturated rings. The second-order valence-electron chi connectivity index (χ2n) is 5.02. The second-order valence-corrected chi connectivity index (χ2v) is 5.02. The molecule has 20 heavy (non-hydrogen) atoms. The first kappa shape index (κ1) is 13.1. The molecule has 1 N–H and O–H groups in total. The van der Waals surface area contributed by atoms with Gasteiger partial charge >= 0.3 is 0 Å². The standard InChI is InChI=1S/C15H20N4O/c1-3-20-15-14(19-9-8-16-10-11(19)2)17-12-6-4-5-7-13(12)18-15/h4-7,11,16H,3,8-10H2,1-2H3. The Labute approximate surface area is 119 Å². The number of hydrogen-bond donors (Lipinski definition) is 1. The third-order valence-corrected chi connectivity index (χ3v) is 3.58. The van der Waals surface area contributed by atoms with Gasteiger partial charge in [-0.15, -0.1) is 0 Å². The number of rotatable bonds is 3. The minimum Gasteiger partial charge on any atom is -0.475 e. The number of fused-ring (bicyclic) bond motifs is 1. The summed E-state index contributed by atoms with van der Waals surface area (Å²) in [5, 5.41) is 3.39. The Morgan fingerprint density at radius 1 is 1.30 bits per heavy atom. The van der Waals surface area contributed by atoms with Crippen LogP contribution in [-0.4, -0.2) is 42.3 Å². The maximum atomic E-state index is 5.71. The molecule has 1 aromatic carbocycles. The molecule has 1 unspecified atom stereocenters. The Kier molecular flexibility index (Phi) is 3.69. The van der Waals surface area contributed by atoms with Crippen LogP contribution in [0.5, 0.6) is 5.88 Å². The van der Waals surface area contributed by atoms with Crippen molar-refractivity contribution >= 4 is 16.9 Å². The van der Waals surface area contributed by atoms with Gasteiger partial charge in [-0.3, -0.25) is 0 Å². The average molecular weight is 272 g/mol. The number of benzene rings is 1. The average Bonchev–Trinajstić information content (AvgIpc) is 2.48. The van der Waals surface area contributed by atoms with E-state index < -0.39 is 0 Å². The van der Waals surface area contributed by atoms with Gasteiger partial charge in [0.05, 0.1) is 17.6 Å². The first-order chi connectivity index (χ1) is 9.79. The van der Waals surface area contributed by atoms with E-state index in [0.29, 0.717) is 18.5 Å². The molecule has 3 rings (SSSR count). The zero-order chi connectivity index (χ0) is 13.9. The number of nitrogens with one attached hydrogen (secondary N) is 1. The lowest BCUT2D eigenvalue weighted by molar-refractivity contribution is 0.325. The summed E-state index contributed by atoms with van der Waals surface area (Å²) in [4.78, 5) is 11.7. The van der Waals surface area contributed by atoms with Gasteiger partial charge in [0.2, 0.25) is 0 Å². The minimum absolute atomic E-state index is 0.387. The number of aromatic nitrogens is 2. The van der Waals surface area contributed by atoms with Crippen molar-refractivity contribution in [2.45, 2.75) is 19.9 Å². The number of ether oxygens (including phenoxy) is 1. The Morgan fingerprint density at radius 2 is 2.05 bits per heavy atom. The highest BCUT2D eigenvalue weighted by atomic mass is 16.5. The van der Waals surface area contributed by atoms with E-state index in [0.717, 1.165) is 36.5 Å². The minimum atomic E-state index is 0.387. The molecule has 0 amide bonds. The molecule has 1 aliphatic heterocycles. The van der Waals surface area contributed by atoms with Crippen molar-refractivity contribution in [3.8, 4) is 5.88 Å². The van der Waals surface area contributed by atoms with E-state index in [4.69, 9.17) is 9.72 Å². The fraction of sp³-hybridized carbons (Fsp3) is 0.467. The third-order valence-electron chi connectivity index (χ3n) is 3.58. The van der Waals surface area contributed by atoms with E-state index in [2.05, 4.69) is 22.1 Å². The van der Waals surface area contributed by atoms with Crippen molar-refractivity contribution in [1.29, 1.82) is 0 Å². The van der Waals surface area contributed by atoms with Gasteiger partial charge in [0, 0.05) is 25.7 Å². The van der Waals surface area contributed by atoms with Gasteiger partial charge in [0.1, 0.15) is 0 Å². The summed E-state index contributed by atoms with van der Waals surface area (Å²) >= 11 is 0. The van der Waals surface area contributed by atoms with Crippen LogP contribution in [0.1, 0.15) is 13.8 Å². The summed E-state index contributed by atoms with van der Waals surface area (Å²) < 4.78 is 5.71. The fourth-order valence-electron chi connectivity index (χ4n) is 2.55. The summed E-state index contributed by atoms with van der Waals surface area (Å²) in [5.41, 5.74) is 1.79. The van der Waals surface area contributed by atoms with E-state index in [1.807, 2.05) is 31.2 Å². The molecule has 0 aliphatic carbocycles. The molecule has 0 spiro atoms. The second kappa shape index (κ2) is 5.63. The summed E-state index contributed by atoms with van der Waals surface area (Å²) in [6.07, 6.45) is 0. The van der Waals surface area contributed by atoms with Gasteiger partial charge < -0.3 is 15.0 Å². The Balaban J connectivity index is 2.08. The van der Waals surface area contributed by atoms with Crippen molar-refractivity contribution in [1.82, 2.24) is 15.3 Å². The molecule has 5 heteroatoms. The van der Waals surface area contributed by atoms with Crippen molar-refractivity contribution in [2.24, 2.45) is 0 Å². The highest BCUT2D eigenvalue weighted by molar-refractivity contribution is 5.77. The number of nitrogens with zero attached hydrogens (tertiary/aromatic N) is 3. The number of anilines is 1. The molecule has 1 atom stereocenters. The lowest BCUT2D eigenvalue weighted by atomic mass is 10.2. The lowest BCUT2D eigenvalue weighted by Crippen LogP contribution is -2.50. The van der Waals surface area contributed by atoms with Gasteiger partial charge in [-0.25, -0.2) is 9.97 Å². The molecule has 2 heterocycles. The van der Waals surface area contributed by atoms with Crippen molar-refractivity contribution in [2.75, 3.05) is 31.1 Å². The third kappa shape index (κ3) is 2.41. The zero-order valence-corrected chi connectivity index (χ0v) is 12.0. The molecule has 2 aromatic rings. The Bertz CT molecular complexity index is 601. The predicted molar refractivity (Wildman–Crippen MR) is 80.4 cm³/mol. The normalized spacial score (nSPS) is 19.3. The summed E-state index contributed by atoms with van der Waals surface area (Å²) in [5.74, 6) is 1.50. The van der Waals surface area contributed by atoms with Crippen LogP contribution in [0, 0.1) is 0 Å². The number of hydrogen-bond acceptors (Lipinski definition) is 5. The monoisotopic (exact) mass is 272 g/mol. The summed E-state index contributed by atoms with van der Waals surface area (Å²) in [7, 11) is 0. The first-order valence-corrected chi connectivity index (χ1v) is 7.16. The summed E-state index contributed by atoms with van der Waals surface area (Å²) in [6, 6.07) is 8.31. The molecule has 0 bridgehead atoms. The predicted octanol–water partition coefficient (Wildman–Crippen LogP) is 1.83. The van der Waals surface area contributed by atoms with Crippen LogP contribution in [0.15, 0.2) is 24.3 Å². The number of para-hydroxylation sites is 2. The molecular weight excluding hydrogens is 252 g/mol. The first-order valence-electron chi connectivity index (χ1n) is 7.16. The van der Waals surface area contributed by atoms with Crippen LogP contribution in [0.2, 0.25) is 0 Å². The summed E-state index contributed by atoms with van der Waals surface area (Å²) in [6.45, 7) is 7.61. The van der Waals surface area contributed by atoms with Crippen LogP contribution in [-0.2, 0) is 0 Å². The maximum absolute atomic E-state index is 5.71. The van der Waals surface area contributed by atoms with Crippen LogP contribution in [0.4, 0.5) is 5.82 Å². The smallest absolute Gasteiger partial charge is 0.258 e. The van der Waals surface area contributed by atoms with E-state index in [1.165, 1.54) is 0 Å². The highest BCUT2D eigenvalue weighted by Crippen LogP contribution is 2.28. The van der Waals surface area contributed by atoms with Crippen LogP contribution in [0.25, 0.3) is 11.0 Å². The molecule has 1 saturated heterocycles.